The fraction of sp³-hybridized carbons (Fsp3) is 0.500. The van der Waals surface area contributed by atoms with Crippen molar-refractivity contribution in [3.63, 3.8) is 0 Å². The van der Waals surface area contributed by atoms with Gasteiger partial charge >= 0.3 is 12.1 Å². The molecule has 8 heteroatoms. The molecular formula is C16H23NO7. The van der Waals surface area contributed by atoms with Crippen molar-refractivity contribution in [1.29, 1.82) is 0 Å². The number of hydrogen-bond donors (Lipinski definition) is 3. The second kappa shape index (κ2) is 7.87. The lowest BCUT2D eigenvalue weighted by atomic mass is 10.0. The molecule has 0 radical (unpaired) electrons. The number of alkyl carbamates (subject to hydrolysis) is 1. The molecule has 24 heavy (non-hydrogen) atoms. The van der Waals surface area contributed by atoms with Gasteiger partial charge in [0.15, 0.2) is 6.10 Å². The van der Waals surface area contributed by atoms with Crippen LogP contribution in [-0.2, 0) is 9.53 Å². The van der Waals surface area contributed by atoms with Gasteiger partial charge in [-0.25, -0.2) is 9.59 Å². The van der Waals surface area contributed by atoms with Crippen LogP contribution in [0.4, 0.5) is 4.79 Å². The van der Waals surface area contributed by atoms with E-state index in [0.717, 1.165) is 0 Å². The third-order valence-corrected chi connectivity index (χ3v) is 2.97. The number of carboxylic acid groups (broad SMARTS) is 1. The zero-order valence-electron chi connectivity index (χ0n) is 14.3. The van der Waals surface area contributed by atoms with Gasteiger partial charge in [-0.1, -0.05) is 0 Å². The van der Waals surface area contributed by atoms with Crippen molar-refractivity contribution in [2.75, 3.05) is 14.2 Å². The van der Waals surface area contributed by atoms with Crippen LogP contribution in [0.3, 0.4) is 0 Å². The molecule has 2 atom stereocenters. The van der Waals surface area contributed by atoms with Gasteiger partial charge in [0.2, 0.25) is 0 Å². The Morgan fingerprint density at radius 2 is 1.58 bits per heavy atom. The van der Waals surface area contributed by atoms with Crippen molar-refractivity contribution >= 4 is 12.1 Å². The average Bonchev–Trinajstić information content (AvgIpc) is 2.49. The maximum atomic E-state index is 12.0. The number of carboxylic acids is 1. The van der Waals surface area contributed by atoms with E-state index in [1.807, 2.05) is 0 Å². The summed E-state index contributed by atoms with van der Waals surface area (Å²) in [6.07, 6.45) is -2.73. The number of carbonyl (C=O) groups excluding carboxylic acids is 1. The zero-order chi connectivity index (χ0) is 18.5. The monoisotopic (exact) mass is 341 g/mol. The summed E-state index contributed by atoms with van der Waals surface area (Å²) in [5.74, 6) is -0.714. The number of benzene rings is 1. The molecule has 0 unspecified atom stereocenters. The van der Waals surface area contributed by atoms with Gasteiger partial charge < -0.3 is 29.7 Å². The molecule has 1 aromatic rings. The second-order valence-electron chi connectivity index (χ2n) is 6.05. The first-order valence-corrected chi connectivity index (χ1v) is 7.20. The Balaban J connectivity index is 3.19. The molecule has 0 fully saturated rings. The lowest BCUT2D eigenvalue weighted by Crippen LogP contribution is -2.42. The van der Waals surface area contributed by atoms with E-state index in [9.17, 15) is 14.7 Å². The summed E-state index contributed by atoms with van der Waals surface area (Å²) < 4.78 is 15.4. The molecule has 1 aromatic carbocycles. The Hall–Kier alpha value is -2.48. The minimum absolute atomic E-state index is 0.298. The molecule has 0 aliphatic heterocycles. The highest BCUT2D eigenvalue weighted by molar-refractivity contribution is 5.76. The molecule has 0 aliphatic carbocycles. The van der Waals surface area contributed by atoms with Gasteiger partial charge in [-0.05, 0) is 38.5 Å². The molecule has 0 bridgehead atoms. The summed E-state index contributed by atoms with van der Waals surface area (Å²) in [6, 6.07) is 3.33. The lowest BCUT2D eigenvalue weighted by Gasteiger charge is -2.25. The molecule has 1 amide bonds. The molecule has 0 aromatic heterocycles. The van der Waals surface area contributed by atoms with Gasteiger partial charge in [-0.3, -0.25) is 0 Å². The standard InChI is InChI=1S/C16H23NO7/c1-16(2,3)24-15(21)17-12(13(18)14(19)20)9-6-10(22-4)8-11(7-9)23-5/h6-8,12-13,18H,1-5H3,(H,17,21)(H,19,20)/t12-,13-/m0/s1. The van der Waals surface area contributed by atoms with E-state index >= 15 is 0 Å². The Kier molecular flexibility index (Phi) is 6.42. The second-order valence-corrected chi connectivity index (χ2v) is 6.05. The molecule has 134 valence electrons. The maximum absolute atomic E-state index is 12.0. The first-order valence-electron chi connectivity index (χ1n) is 7.20. The van der Waals surface area contributed by atoms with Crippen LogP contribution in [0.5, 0.6) is 11.5 Å². The van der Waals surface area contributed by atoms with Crippen LogP contribution >= 0.6 is 0 Å². The normalized spacial score (nSPS) is 13.6. The summed E-state index contributed by atoms with van der Waals surface area (Å²) in [7, 11) is 2.87. The van der Waals surface area contributed by atoms with Gasteiger partial charge in [0, 0.05) is 6.07 Å². The van der Waals surface area contributed by atoms with Crippen molar-refractivity contribution in [3.05, 3.63) is 23.8 Å². The molecule has 8 nitrogen and oxygen atoms in total. The fourth-order valence-electron chi connectivity index (χ4n) is 1.93. The summed E-state index contributed by atoms with van der Waals surface area (Å²) >= 11 is 0. The molecule has 0 aliphatic rings. The van der Waals surface area contributed by atoms with Crippen LogP contribution < -0.4 is 14.8 Å². The van der Waals surface area contributed by atoms with Gasteiger partial charge in [0.25, 0.3) is 0 Å². The predicted molar refractivity (Wildman–Crippen MR) is 85.3 cm³/mol. The summed E-state index contributed by atoms with van der Waals surface area (Å²) in [5.41, 5.74) is -0.471. The number of amides is 1. The van der Waals surface area contributed by atoms with E-state index in [-0.39, 0.29) is 0 Å². The average molecular weight is 341 g/mol. The number of rotatable bonds is 6. The highest BCUT2D eigenvalue weighted by Gasteiger charge is 2.31. The van der Waals surface area contributed by atoms with Crippen LogP contribution in [0.2, 0.25) is 0 Å². The van der Waals surface area contributed by atoms with E-state index in [1.54, 1.807) is 26.8 Å². The quantitative estimate of drug-likeness (QED) is 0.721. The molecule has 0 heterocycles. The van der Waals surface area contributed by atoms with E-state index in [4.69, 9.17) is 19.3 Å². The first-order chi connectivity index (χ1) is 11.1. The van der Waals surface area contributed by atoms with E-state index < -0.39 is 29.8 Å². The molecule has 0 saturated carbocycles. The predicted octanol–water partition coefficient (Wildman–Crippen LogP) is 1.72. The van der Waals surface area contributed by atoms with Crippen LogP contribution in [0, 0.1) is 0 Å². The Morgan fingerprint density at radius 3 is 1.96 bits per heavy atom. The van der Waals surface area contributed by atoms with Gasteiger partial charge in [-0.2, -0.15) is 0 Å². The molecule has 3 N–H and O–H groups in total. The van der Waals surface area contributed by atoms with Crippen LogP contribution in [-0.4, -0.2) is 48.2 Å². The molecule has 0 spiro atoms. The van der Waals surface area contributed by atoms with Gasteiger partial charge in [0.1, 0.15) is 17.1 Å². The molecular weight excluding hydrogens is 318 g/mol. The highest BCUT2D eigenvalue weighted by atomic mass is 16.6. The SMILES string of the molecule is COc1cc(OC)cc([C@H](NC(=O)OC(C)(C)C)[C@H](O)C(=O)O)c1. The third-order valence-electron chi connectivity index (χ3n) is 2.97. The van der Waals surface area contributed by atoms with Crippen molar-refractivity contribution in [1.82, 2.24) is 5.32 Å². The smallest absolute Gasteiger partial charge is 0.408 e. The van der Waals surface area contributed by atoms with E-state index in [0.29, 0.717) is 17.1 Å². The van der Waals surface area contributed by atoms with Crippen molar-refractivity contribution < 1.29 is 34.0 Å². The number of hydrogen-bond acceptors (Lipinski definition) is 6. The van der Waals surface area contributed by atoms with Crippen molar-refractivity contribution in [3.8, 4) is 11.5 Å². The molecule has 1 rings (SSSR count). The van der Waals surface area contributed by atoms with Crippen LogP contribution in [0.1, 0.15) is 32.4 Å². The fourth-order valence-corrected chi connectivity index (χ4v) is 1.93. The Labute approximate surface area is 140 Å². The number of ether oxygens (including phenoxy) is 3. The van der Waals surface area contributed by atoms with E-state index in [2.05, 4.69) is 5.32 Å². The number of nitrogens with one attached hydrogen (secondary N) is 1. The summed E-state index contributed by atoms with van der Waals surface area (Å²) in [5, 5.41) is 21.4. The van der Waals surface area contributed by atoms with E-state index in [1.165, 1.54) is 26.4 Å². The van der Waals surface area contributed by atoms with Crippen LogP contribution in [0.15, 0.2) is 18.2 Å². The Morgan fingerprint density at radius 1 is 1.08 bits per heavy atom. The zero-order valence-corrected chi connectivity index (χ0v) is 14.3. The third kappa shape index (κ3) is 5.62. The number of aliphatic hydroxyl groups excluding tert-OH is 1. The molecule has 0 saturated heterocycles. The lowest BCUT2D eigenvalue weighted by molar-refractivity contribution is -0.148. The number of methoxy groups -OCH3 is 2. The minimum atomic E-state index is -1.88. The number of aliphatic hydroxyl groups is 1. The topological polar surface area (TPSA) is 114 Å². The van der Waals surface area contributed by atoms with Crippen LogP contribution in [0.25, 0.3) is 0 Å². The van der Waals surface area contributed by atoms with Crippen molar-refractivity contribution in [2.45, 2.75) is 38.5 Å². The van der Waals surface area contributed by atoms with Gasteiger partial charge in [0.05, 0.1) is 20.3 Å². The number of carbonyl (C=O) groups is 2. The van der Waals surface area contributed by atoms with Crippen molar-refractivity contribution in [2.24, 2.45) is 0 Å². The number of aliphatic carboxylic acids is 1. The summed E-state index contributed by atoms with van der Waals surface area (Å²) in [6.45, 7) is 5.01. The minimum Gasteiger partial charge on any atom is -0.497 e. The Bertz CT molecular complexity index is 572. The van der Waals surface area contributed by atoms with Gasteiger partial charge in [-0.15, -0.1) is 0 Å². The largest absolute Gasteiger partial charge is 0.497 e. The summed E-state index contributed by atoms with van der Waals surface area (Å²) in [4.78, 5) is 23.2. The maximum Gasteiger partial charge on any atom is 0.408 e. The first kappa shape index (κ1) is 19.6. The highest BCUT2D eigenvalue weighted by Crippen LogP contribution is 2.28.